The third kappa shape index (κ3) is 2.59. The molecule has 68 valence electrons. The molecule has 1 heterocycles. The Labute approximate surface area is 87.7 Å². The van der Waals surface area contributed by atoms with Gasteiger partial charge in [0.2, 0.25) is 0 Å². The van der Waals surface area contributed by atoms with E-state index in [1.807, 2.05) is 28.7 Å². The van der Waals surface area contributed by atoms with Crippen LogP contribution in [-0.2, 0) is 6.42 Å². The van der Waals surface area contributed by atoms with Gasteiger partial charge in [-0.3, -0.25) is 0 Å². The summed E-state index contributed by atoms with van der Waals surface area (Å²) in [6.45, 7) is 0. The third-order valence-corrected chi connectivity index (χ3v) is 2.43. The van der Waals surface area contributed by atoms with Crippen LogP contribution in [0.3, 0.4) is 0 Å². The van der Waals surface area contributed by atoms with Crippen LogP contribution < -0.4 is 0 Å². The summed E-state index contributed by atoms with van der Waals surface area (Å²) in [5.41, 5.74) is 0.423. The van der Waals surface area contributed by atoms with E-state index < -0.39 is 6.43 Å². The standard InChI is InChI=1S/C8H5F2IN2/c9-7(10)6-3-5(1-2-12)8(11)13-4-6/h3-4,7H,1H2. The molecule has 0 saturated heterocycles. The SMILES string of the molecule is N#CCc1cc(C(F)F)cnc1I. The molecule has 0 aliphatic rings. The molecular formula is C8H5F2IN2. The monoisotopic (exact) mass is 294 g/mol. The highest BCUT2D eigenvalue weighted by molar-refractivity contribution is 14.1. The summed E-state index contributed by atoms with van der Waals surface area (Å²) in [6, 6.07) is 3.22. The van der Waals surface area contributed by atoms with Gasteiger partial charge >= 0.3 is 0 Å². The van der Waals surface area contributed by atoms with Crippen LogP contribution in [0.1, 0.15) is 17.6 Å². The van der Waals surface area contributed by atoms with Crippen molar-refractivity contribution in [3.05, 3.63) is 27.1 Å². The molecule has 0 N–H and O–H groups in total. The Balaban J connectivity index is 3.05. The van der Waals surface area contributed by atoms with E-state index in [0.29, 0.717) is 9.26 Å². The number of nitrogens with zero attached hydrogens (tertiary/aromatic N) is 2. The molecule has 0 aliphatic carbocycles. The molecule has 0 fully saturated rings. The molecule has 0 unspecified atom stereocenters. The van der Waals surface area contributed by atoms with Crippen LogP contribution in [0.5, 0.6) is 0 Å². The summed E-state index contributed by atoms with van der Waals surface area (Å²) in [6.07, 6.45) is -1.28. The lowest BCUT2D eigenvalue weighted by Gasteiger charge is -2.02. The van der Waals surface area contributed by atoms with Gasteiger partial charge in [0.1, 0.15) is 3.70 Å². The lowest BCUT2D eigenvalue weighted by molar-refractivity contribution is 0.151. The van der Waals surface area contributed by atoms with E-state index in [0.717, 1.165) is 6.20 Å². The van der Waals surface area contributed by atoms with Crippen molar-refractivity contribution in [2.45, 2.75) is 12.8 Å². The molecule has 0 saturated carbocycles. The van der Waals surface area contributed by atoms with Gasteiger partial charge in [-0.15, -0.1) is 0 Å². The fourth-order valence-corrected chi connectivity index (χ4v) is 1.33. The lowest BCUT2D eigenvalue weighted by atomic mass is 10.2. The molecule has 1 aromatic rings. The number of aromatic nitrogens is 1. The number of alkyl halides is 2. The Morgan fingerprint density at radius 3 is 2.85 bits per heavy atom. The van der Waals surface area contributed by atoms with E-state index in [4.69, 9.17) is 5.26 Å². The second-order valence-electron chi connectivity index (χ2n) is 2.35. The maximum atomic E-state index is 12.2. The Morgan fingerprint density at radius 1 is 1.62 bits per heavy atom. The van der Waals surface area contributed by atoms with Crippen molar-refractivity contribution in [2.75, 3.05) is 0 Å². The maximum absolute atomic E-state index is 12.2. The molecule has 13 heavy (non-hydrogen) atoms. The van der Waals surface area contributed by atoms with E-state index in [-0.39, 0.29) is 12.0 Å². The van der Waals surface area contributed by atoms with Gasteiger partial charge in [-0.25, -0.2) is 13.8 Å². The van der Waals surface area contributed by atoms with Crippen molar-refractivity contribution >= 4 is 22.6 Å². The van der Waals surface area contributed by atoms with E-state index in [9.17, 15) is 8.78 Å². The van der Waals surface area contributed by atoms with Gasteiger partial charge < -0.3 is 0 Å². The first-order valence-corrected chi connectivity index (χ1v) is 4.52. The predicted molar refractivity (Wildman–Crippen MR) is 51.2 cm³/mol. The summed E-state index contributed by atoms with van der Waals surface area (Å²) >= 11 is 1.92. The van der Waals surface area contributed by atoms with Crippen LogP contribution in [0.25, 0.3) is 0 Å². The maximum Gasteiger partial charge on any atom is 0.265 e. The van der Waals surface area contributed by atoms with Crippen LogP contribution in [0.4, 0.5) is 8.78 Å². The third-order valence-electron chi connectivity index (χ3n) is 1.45. The predicted octanol–water partition coefficient (Wildman–Crippen LogP) is 2.69. The average Bonchev–Trinajstić information content (AvgIpc) is 2.08. The minimum Gasteiger partial charge on any atom is -0.250 e. The summed E-state index contributed by atoms with van der Waals surface area (Å²) in [7, 11) is 0. The zero-order valence-electron chi connectivity index (χ0n) is 6.47. The van der Waals surface area contributed by atoms with Gasteiger partial charge in [0.15, 0.2) is 0 Å². The number of pyridine rings is 1. The smallest absolute Gasteiger partial charge is 0.250 e. The summed E-state index contributed by atoms with van der Waals surface area (Å²) in [5.74, 6) is 0. The van der Waals surface area contributed by atoms with Gasteiger partial charge in [-0.2, -0.15) is 5.26 Å². The lowest BCUT2D eigenvalue weighted by Crippen LogP contribution is -1.95. The molecule has 1 aromatic heterocycles. The molecule has 0 aromatic carbocycles. The van der Waals surface area contributed by atoms with Crippen LogP contribution in [0.15, 0.2) is 12.3 Å². The summed E-state index contributed by atoms with van der Waals surface area (Å²) in [4.78, 5) is 3.77. The fourth-order valence-electron chi connectivity index (χ4n) is 0.841. The highest BCUT2D eigenvalue weighted by atomic mass is 127. The molecule has 0 aliphatic heterocycles. The minimum atomic E-state index is -2.53. The average molecular weight is 294 g/mol. The number of hydrogen-bond acceptors (Lipinski definition) is 2. The largest absolute Gasteiger partial charge is 0.265 e. The first kappa shape index (κ1) is 10.3. The normalized spacial score (nSPS) is 10.1. The zero-order valence-corrected chi connectivity index (χ0v) is 8.62. The Bertz CT molecular complexity index is 346. The highest BCUT2D eigenvalue weighted by Crippen LogP contribution is 2.21. The van der Waals surface area contributed by atoms with Gasteiger partial charge in [-0.1, -0.05) is 0 Å². The van der Waals surface area contributed by atoms with Gasteiger partial charge in [0.05, 0.1) is 12.5 Å². The van der Waals surface area contributed by atoms with Crippen LogP contribution in [-0.4, -0.2) is 4.98 Å². The van der Waals surface area contributed by atoms with Crippen molar-refractivity contribution in [2.24, 2.45) is 0 Å². The second kappa shape index (κ2) is 4.46. The first-order chi connectivity index (χ1) is 6.15. The van der Waals surface area contributed by atoms with Crippen LogP contribution in [0.2, 0.25) is 0 Å². The van der Waals surface area contributed by atoms with Gasteiger partial charge in [0.25, 0.3) is 6.43 Å². The van der Waals surface area contributed by atoms with E-state index in [1.54, 1.807) is 0 Å². The molecular weight excluding hydrogens is 289 g/mol. The Hall–Kier alpha value is -0.770. The zero-order chi connectivity index (χ0) is 9.84. The van der Waals surface area contributed by atoms with Gasteiger partial charge in [-0.05, 0) is 34.2 Å². The minimum absolute atomic E-state index is 0.117. The van der Waals surface area contributed by atoms with E-state index in [2.05, 4.69) is 4.98 Å². The molecule has 0 bridgehead atoms. The van der Waals surface area contributed by atoms with Crippen molar-refractivity contribution in [1.82, 2.24) is 4.98 Å². The topological polar surface area (TPSA) is 36.7 Å². The van der Waals surface area contributed by atoms with E-state index in [1.165, 1.54) is 6.07 Å². The summed E-state index contributed by atoms with van der Waals surface area (Å²) < 4.78 is 25.0. The molecule has 0 amide bonds. The molecule has 0 radical (unpaired) electrons. The van der Waals surface area contributed by atoms with Crippen LogP contribution in [0, 0.1) is 15.0 Å². The first-order valence-electron chi connectivity index (χ1n) is 3.44. The fraction of sp³-hybridized carbons (Fsp3) is 0.250. The quantitative estimate of drug-likeness (QED) is 0.621. The highest BCUT2D eigenvalue weighted by Gasteiger charge is 2.10. The number of halogens is 3. The van der Waals surface area contributed by atoms with Gasteiger partial charge in [0, 0.05) is 11.8 Å². The number of hydrogen-bond donors (Lipinski definition) is 0. The van der Waals surface area contributed by atoms with E-state index >= 15 is 0 Å². The molecule has 0 spiro atoms. The Kier molecular flexibility index (Phi) is 3.54. The molecule has 2 nitrogen and oxygen atoms in total. The van der Waals surface area contributed by atoms with Crippen molar-refractivity contribution in [3.63, 3.8) is 0 Å². The second-order valence-corrected chi connectivity index (χ2v) is 3.38. The van der Waals surface area contributed by atoms with Crippen molar-refractivity contribution in [3.8, 4) is 6.07 Å². The molecule has 5 heteroatoms. The number of rotatable bonds is 2. The Morgan fingerprint density at radius 2 is 2.31 bits per heavy atom. The molecule has 1 rings (SSSR count). The molecule has 0 atom stereocenters. The van der Waals surface area contributed by atoms with Crippen molar-refractivity contribution < 1.29 is 8.78 Å². The summed E-state index contributed by atoms with van der Waals surface area (Å²) in [5, 5.41) is 8.41. The van der Waals surface area contributed by atoms with Crippen LogP contribution >= 0.6 is 22.6 Å². The number of nitriles is 1. The van der Waals surface area contributed by atoms with Crippen molar-refractivity contribution in [1.29, 1.82) is 5.26 Å².